The zero-order valence-electron chi connectivity index (χ0n) is 11.3. The molecule has 0 aromatic heterocycles. The third kappa shape index (κ3) is 2.58. The fourth-order valence-corrected chi connectivity index (χ4v) is 2.29. The Bertz CT molecular complexity index is 569. The smallest absolute Gasteiger partial charge is 0.367 e. The quantitative estimate of drug-likeness (QED) is 0.609. The molecule has 1 fully saturated rings. The highest BCUT2D eigenvalue weighted by Gasteiger charge is 2.21. The lowest BCUT2D eigenvalue weighted by Gasteiger charge is -2.28. The minimum atomic E-state index is -0.389. The number of oxime groups is 1. The van der Waals surface area contributed by atoms with Gasteiger partial charge in [-0.2, -0.15) is 0 Å². The zero-order valence-corrected chi connectivity index (χ0v) is 11.3. The molecule has 5 nitrogen and oxygen atoms in total. The molecule has 1 aromatic carbocycles. The Morgan fingerprint density at radius 2 is 1.90 bits per heavy atom. The lowest BCUT2D eigenvalue weighted by Crippen LogP contribution is -2.36. The first-order valence-corrected chi connectivity index (χ1v) is 6.65. The average molecular weight is 272 g/mol. The Hall–Kier alpha value is -2.14. The molecule has 0 aliphatic carbocycles. The highest BCUT2D eigenvalue weighted by atomic mass is 16.7. The van der Waals surface area contributed by atoms with Crippen LogP contribution < -0.4 is 4.90 Å². The lowest BCUT2D eigenvalue weighted by atomic mass is 10.1. The van der Waals surface area contributed by atoms with E-state index in [2.05, 4.69) is 27.0 Å². The lowest BCUT2D eigenvalue weighted by molar-refractivity contribution is -0.136. The molecule has 2 aliphatic rings. The van der Waals surface area contributed by atoms with Crippen LogP contribution in [0.3, 0.4) is 0 Å². The molecule has 1 aromatic rings. The average Bonchev–Trinajstić information content (AvgIpc) is 2.81. The van der Waals surface area contributed by atoms with Gasteiger partial charge >= 0.3 is 5.97 Å². The third-order valence-corrected chi connectivity index (χ3v) is 3.46. The van der Waals surface area contributed by atoms with E-state index in [4.69, 9.17) is 4.74 Å². The number of hydrogen-bond donors (Lipinski definition) is 0. The fraction of sp³-hybridized carbons (Fsp3) is 0.333. The van der Waals surface area contributed by atoms with Crippen molar-refractivity contribution in [1.29, 1.82) is 0 Å². The van der Waals surface area contributed by atoms with Crippen LogP contribution in [0.1, 0.15) is 12.5 Å². The van der Waals surface area contributed by atoms with Gasteiger partial charge in [0, 0.05) is 18.8 Å². The summed E-state index contributed by atoms with van der Waals surface area (Å²) in [4.78, 5) is 18.4. The number of morpholine rings is 1. The Kier molecular flexibility index (Phi) is 3.52. The second-order valence-corrected chi connectivity index (χ2v) is 4.80. The van der Waals surface area contributed by atoms with E-state index in [9.17, 15) is 4.79 Å². The zero-order chi connectivity index (χ0) is 13.9. The van der Waals surface area contributed by atoms with Crippen LogP contribution in [0.2, 0.25) is 0 Å². The van der Waals surface area contributed by atoms with E-state index in [1.54, 1.807) is 13.0 Å². The Balaban J connectivity index is 1.78. The van der Waals surface area contributed by atoms with Gasteiger partial charge in [0.2, 0.25) is 0 Å². The van der Waals surface area contributed by atoms with Crippen molar-refractivity contribution >= 4 is 23.4 Å². The number of benzene rings is 1. The number of carbonyl (C=O) groups excluding carboxylic acids is 1. The maximum atomic E-state index is 11.5. The van der Waals surface area contributed by atoms with Gasteiger partial charge in [0.15, 0.2) is 0 Å². The number of hydrogen-bond acceptors (Lipinski definition) is 5. The summed E-state index contributed by atoms with van der Waals surface area (Å²) in [6, 6.07) is 8.11. The highest BCUT2D eigenvalue weighted by molar-refractivity contribution is 6.24. The van der Waals surface area contributed by atoms with E-state index in [0.29, 0.717) is 11.3 Å². The summed E-state index contributed by atoms with van der Waals surface area (Å²) in [6.45, 7) is 5.14. The van der Waals surface area contributed by atoms with Crippen LogP contribution in [0.15, 0.2) is 35.0 Å². The second-order valence-electron chi connectivity index (χ2n) is 4.80. The summed E-state index contributed by atoms with van der Waals surface area (Å²) in [6.07, 6.45) is 1.80. The molecule has 1 saturated heterocycles. The van der Waals surface area contributed by atoms with Crippen molar-refractivity contribution in [1.82, 2.24) is 0 Å². The predicted molar refractivity (Wildman–Crippen MR) is 76.7 cm³/mol. The molecule has 104 valence electrons. The molecule has 3 rings (SSSR count). The van der Waals surface area contributed by atoms with Gasteiger partial charge in [0.1, 0.15) is 0 Å². The summed E-state index contributed by atoms with van der Waals surface area (Å²) in [5.74, 6) is -0.389. The van der Waals surface area contributed by atoms with E-state index < -0.39 is 0 Å². The fourth-order valence-electron chi connectivity index (χ4n) is 2.29. The highest BCUT2D eigenvalue weighted by Crippen LogP contribution is 2.20. The summed E-state index contributed by atoms with van der Waals surface area (Å²) in [7, 11) is 0. The molecule has 2 heterocycles. The number of ether oxygens (including phenoxy) is 1. The molecule has 0 spiro atoms. The van der Waals surface area contributed by atoms with Gasteiger partial charge < -0.3 is 14.5 Å². The number of nitrogens with zero attached hydrogens (tertiary/aromatic N) is 2. The molecule has 0 atom stereocenters. The van der Waals surface area contributed by atoms with Gasteiger partial charge in [-0.05, 0) is 30.7 Å². The summed E-state index contributed by atoms with van der Waals surface area (Å²) in [5.41, 5.74) is 3.27. The molecule has 0 saturated carbocycles. The van der Waals surface area contributed by atoms with Crippen LogP contribution >= 0.6 is 0 Å². The largest absolute Gasteiger partial charge is 0.378 e. The number of rotatable bonds is 2. The van der Waals surface area contributed by atoms with Crippen molar-refractivity contribution in [3.05, 3.63) is 35.4 Å². The van der Waals surface area contributed by atoms with Crippen LogP contribution in [0.4, 0.5) is 5.69 Å². The summed E-state index contributed by atoms with van der Waals surface area (Å²) < 4.78 is 5.34. The van der Waals surface area contributed by atoms with Gasteiger partial charge in [-0.1, -0.05) is 17.3 Å². The van der Waals surface area contributed by atoms with Crippen LogP contribution in [0.25, 0.3) is 6.08 Å². The van der Waals surface area contributed by atoms with Crippen molar-refractivity contribution in [2.75, 3.05) is 31.2 Å². The molecule has 0 unspecified atom stereocenters. The Morgan fingerprint density at radius 3 is 2.50 bits per heavy atom. The van der Waals surface area contributed by atoms with E-state index in [0.717, 1.165) is 31.9 Å². The second kappa shape index (κ2) is 5.46. The maximum Gasteiger partial charge on any atom is 0.367 e. The maximum absolute atomic E-state index is 11.5. The van der Waals surface area contributed by atoms with Crippen molar-refractivity contribution in [2.45, 2.75) is 6.92 Å². The number of carbonyl (C=O) groups is 1. The monoisotopic (exact) mass is 272 g/mol. The van der Waals surface area contributed by atoms with Crippen LogP contribution in [0.5, 0.6) is 0 Å². The van der Waals surface area contributed by atoms with Crippen LogP contribution in [0, 0.1) is 0 Å². The van der Waals surface area contributed by atoms with Crippen molar-refractivity contribution in [3.63, 3.8) is 0 Å². The molecule has 0 radical (unpaired) electrons. The first-order chi connectivity index (χ1) is 9.74. The molecular formula is C15H16N2O3. The molecule has 2 aliphatic heterocycles. The van der Waals surface area contributed by atoms with E-state index >= 15 is 0 Å². The topological polar surface area (TPSA) is 51.1 Å². The van der Waals surface area contributed by atoms with Crippen LogP contribution in [-0.2, 0) is 14.4 Å². The first-order valence-electron chi connectivity index (χ1n) is 6.65. The minimum absolute atomic E-state index is 0.389. The standard InChI is InChI=1S/C15H16N2O3/c1-11-14(15(18)20-16-11)10-12-2-4-13(5-3-12)17-6-8-19-9-7-17/h2-5,10H,6-9H2,1H3. The molecule has 0 N–H and O–H groups in total. The molecular weight excluding hydrogens is 256 g/mol. The summed E-state index contributed by atoms with van der Waals surface area (Å²) in [5, 5.41) is 3.66. The van der Waals surface area contributed by atoms with Gasteiger partial charge in [-0.25, -0.2) is 4.79 Å². The SMILES string of the molecule is CC1=NOC(=O)C1=Cc1ccc(N2CCOCC2)cc1. The van der Waals surface area contributed by atoms with E-state index in [1.165, 1.54) is 5.69 Å². The Morgan fingerprint density at radius 1 is 1.20 bits per heavy atom. The molecule has 5 heteroatoms. The van der Waals surface area contributed by atoms with Gasteiger partial charge in [-0.3, -0.25) is 0 Å². The van der Waals surface area contributed by atoms with E-state index in [-0.39, 0.29) is 5.97 Å². The molecule has 20 heavy (non-hydrogen) atoms. The van der Waals surface area contributed by atoms with Crippen molar-refractivity contribution < 1.29 is 14.4 Å². The first kappa shape index (κ1) is 12.9. The third-order valence-electron chi connectivity index (χ3n) is 3.46. The van der Waals surface area contributed by atoms with Gasteiger partial charge in [-0.15, -0.1) is 0 Å². The number of anilines is 1. The van der Waals surface area contributed by atoms with Crippen molar-refractivity contribution in [2.24, 2.45) is 5.16 Å². The Labute approximate surface area is 117 Å². The van der Waals surface area contributed by atoms with Gasteiger partial charge in [0.05, 0.1) is 24.5 Å². The van der Waals surface area contributed by atoms with E-state index in [1.807, 2.05) is 12.1 Å². The normalized spacial score (nSPS) is 21.1. The van der Waals surface area contributed by atoms with Crippen LogP contribution in [-0.4, -0.2) is 38.0 Å². The molecule has 0 amide bonds. The minimum Gasteiger partial charge on any atom is -0.378 e. The van der Waals surface area contributed by atoms with Crippen molar-refractivity contribution in [3.8, 4) is 0 Å². The predicted octanol–water partition coefficient (Wildman–Crippen LogP) is 1.84. The molecule has 0 bridgehead atoms. The van der Waals surface area contributed by atoms with Gasteiger partial charge in [0.25, 0.3) is 0 Å². The summed E-state index contributed by atoms with van der Waals surface area (Å²) >= 11 is 0.